The van der Waals surface area contributed by atoms with Crippen LogP contribution in [-0.2, 0) is 26.0 Å². The topological polar surface area (TPSA) is 83.1 Å². The summed E-state index contributed by atoms with van der Waals surface area (Å²) in [5.74, 6) is -0.512. The molecule has 2 aliphatic rings. The molecule has 0 aliphatic carbocycles. The number of hydrogen-bond acceptors (Lipinski definition) is 6. The molecule has 0 saturated carbocycles. The second-order valence-electron chi connectivity index (χ2n) is 13.5. The summed E-state index contributed by atoms with van der Waals surface area (Å²) < 4.78 is 37.9. The van der Waals surface area contributed by atoms with Crippen LogP contribution in [0.1, 0.15) is 53.0 Å². The number of aromatic nitrogens is 1. The van der Waals surface area contributed by atoms with E-state index in [9.17, 15) is 13.2 Å². The van der Waals surface area contributed by atoms with E-state index in [0.717, 1.165) is 22.2 Å². The molecule has 0 unspecified atom stereocenters. The summed E-state index contributed by atoms with van der Waals surface area (Å²) in [4.78, 5) is 20.3. The van der Waals surface area contributed by atoms with E-state index >= 15 is 0 Å². The van der Waals surface area contributed by atoms with Crippen molar-refractivity contribution in [2.75, 3.05) is 25.0 Å². The van der Waals surface area contributed by atoms with Crippen molar-refractivity contribution < 1.29 is 17.6 Å². The van der Waals surface area contributed by atoms with E-state index in [0.29, 0.717) is 31.2 Å². The quantitative estimate of drug-likeness (QED) is 0.211. The number of carbonyl (C=O) groups is 1. The highest BCUT2D eigenvalue weighted by Crippen LogP contribution is 2.43. The predicted octanol–water partition coefficient (Wildman–Crippen LogP) is 5.39. The maximum absolute atomic E-state index is 13.6. The van der Waals surface area contributed by atoms with Crippen LogP contribution in [0.15, 0.2) is 78.9 Å². The Balaban J connectivity index is 1.29. The molecule has 0 spiro atoms. The normalized spacial score (nSPS) is 21.1. The number of nitrogens with zero attached hydrogens (tertiary/aromatic N) is 4. The lowest BCUT2D eigenvalue weighted by molar-refractivity contribution is -0.120. The van der Waals surface area contributed by atoms with Crippen molar-refractivity contribution in [1.29, 1.82) is 0 Å². The number of amides is 1. The third-order valence-corrected chi connectivity index (χ3v) is 17.6. The van der Waals surface area contributed by atoms with Crippen molar-refractivity contribution in [1.82, 2.24) is 13.6 Å². The molecule has 2 saturated heterocycles. The van der Waals surface area contributed by atoms with Crippen molar-refractivity contribution >= 4 is 61.5 Å². The lowest BCUT2D eigenvalue weighted by atomic mass is 10.0. The maximum Gasteiger partial charge on any atom is 0.282 e. The summed E-state index contributed by atoms with van der Waals surface area (Å²) in [7, 11) is -4.74. The Morgan fingerprint density at radius 1 is 1.02 bits per heavy atom. The van der Waals surface area contributed by atoms with Gasteiger partial charge in [-0.3, -0.25) is 9.69 Å². The van der Waals surface area contributed by atoms with Gasteiger partial charge in [0.15, 0.2) is 5.13 Å². The highest BCUT2D eigenvalue weighted by Gasteiger charge is 2.56. The molecule has 11 heteroatoms. The van der Waals surface area contributed by atoms with Gasteiger partial charge in [-0.1, -0.05) is 113 Å². The zero-order valence-corrected chi connectivity index (χ0v) is 30.1. The van der Waals surface area contributed by atoms with E-state index in [-0.39, 0.29) is 17.0 Å². The molecule has 0 bridgehead atoms. The van der Waals surface area contributed by atoms with Crippen molar-refractivity contribution in [2.24, 2.45) is 5.92 Å². The maximum atomic E-state index is 13.6. The molecule has 1 amide bonds. The second-order valence-corrected chi connectivity index (χ2v) is 20.8. The third kappa shape index (κ3) is 5.54. The van der Waals surface area contributed by atoms with Crippen LogP contribution in [0.4, 0.5) is 5.13 Å². The molecule has 0 radical (unpaired) electrons. The first-order valence-electron chi connectivity index (χ1n) is 16.1. The minimum Gasteiger partial charge on any atom is -0.403 e. The number of benzene rings is 3. The van der Waals surface area contributed by atoms with Gasteiger partial charge in [0.05, 0.1) is 34.8 Å². The van der Waals surface area contributed by atoms with Crippen molar-refractivity contribution in [3.63, 3.8) is 0 Å². The number of hydrogen-bond donors (Lipinski definition) is 0. The van der Waals surface area contributed by atoms with Crippen LogP contribution in [0.25, 0.3) is 10.2 Å². The standard InChI is InChI=1S/C35H44N4O4S2Si/c1-7-21-37(6)45(41,42)38-22-20-30-32(38)25(2)33(40)39(30)34-36-29-19-18-26(23-31(29)44-34)24-43-46(35(3,4)5,27-14-10-8-11-15-27)28-16-12-9-13-17-28/h8-19,23,25,30,32H,7,20-22,24H2,1-6H3/t25-,30-,32+/m0/s1. The van der Waals surface area contributed by atoms with Gasteiger partial charge in [0.25, 0.3) is 18.5 Å². The number of carbonyl (C=O) groups excluding carboxylic acids is 1. The molecular weight excluding hydrogens is 633 g/mol. The molecule has 3 heterocycles. The Hall–Kier alpha value is -2.93. The van der Waals surface area contributed by atoms with E-state index in [4.69, 9.17) is 9.41 Å². The van der Waals surface area contributed by atoms with Crippen LogP contribution >= 0.6 is 11.3 Å². The zero-order chi connectivity index (χ0) is 32.9. The first kappa shape index (κ1) is 33.0. The predicted molar refractivity (Wildman–Crippen MR) is 189 cm³/mol. The molecule has 2 aliphatic heterocycles. The number of anilines is 1. The van der Waals surface area contributed by atoms with Crippen molar-refractivity contribution in [3.05, 3.63) is 84.4 Å². The van der Waals surface area contributed by atoms with Crippen molar-refractivity contribution in [3.8, 4) is 0 Å². The molecule has 46 heavy (non-hydrogen) atoms. The van der Waals surface area contributed by atoms with Crippen LogP contribution in [0, 0.1) is 5.92 Å². The summed E-state index contributed by atoms with van der Waals surface area (Å²) >= 11 is 1.49. The van der Waals surface area contributed by atoms with Crippen LogP contribution in [0.2, 0.25) is 5.04 Å². The highest BCUT2D eigenvalue weighted by atomic mass is 32.2. The van der Waals surface area contributed by atoms with Crippen LogP contribution in [-0.4, -0.2) is 68.5 Å². The van der Waals surface area contributed by atoms with Gasteiger partial charge in [-0.25, -0.2) is 4.98 Å². The van der Waals surface area contributed by atoms with E-state index in [1.807, 2.05) is 32.0 Å². The van der Waals surface area contributed by atoms with Gasteiger partial charge in [-0.15, -0.1) is 0 Å². The number of thiazole rings is 1. The largest absolute Gasteiger partial charge is 0.403 e. The fraction of sp³-hybridized carbons (Fsp3) is 0.429. The Morgan fingerprint density at radius 2 is 1.65 bits per heavy atom. The first-order chi connectivity index (χ1) is 21.9. The molecule has 3 aromatic carbocycles. The minimum absolute atomic E-state index is 0.0673. The van der Waals surface area contributed by atoms with Crippen LogP contribution in [0.5, 0.6) is 0 Å². The van der Waals surface area contributed by atoms with E-state index in [1.54, 1.807) is 16.3 Å². The summed E-state index contributed by atoms with van der Waals surface area (Å²) in [6.45, 7) is 11.9. The molecule has 3 atom stereocenters. The lowest BCUT2D eigenvalue weighted by Gasteiger charge is -2.43. The minimum atomic E-state index is -3.66. The van der Waals surface area contributed by atoms with E-state index < -0.39 is 30.5 Å². The molecule has 0 N–H and O–H groups in total. The fourth-order valence-corrected chi connectivity index (χ4v) is 14.8. The van der Waals surface area contributed by atoms with Gasteiger partial charge in [-0.2, -0.15) is 17.0 Å². The molecule has 6 rings (SSSR count). The van der Waals surface area contributed by atoms with Gasteiger partial charge in [0.1, 0.15) is 0 Å². The molecular formula is C35H44N4O4S2Si. The second kappa shape index (κ2) is 12.6. The lowest BCUT2D eigenvalue weighted by Crippen LogP contribution is -2.66. The van der Waals surface area contributed by atoms with Gasteiger partial charge in [0, 0.05) is 20.1 Å². The van der Waals surface area contributed by atoms with Crippen LogP contribution in [0.3, 0.4) is 0 Å². The first-order valence-corrected chi connectivity index (χ1v) is 20.2. The summed E-state index contributed by atoms with van der Waals surface area (Å²) in [6, 6.07) is 26.8. The van der Waals surface area contributed by atoms with Gasteiger partial charge in [-0.05, 0) is 45.9 Å². The Morgan fingerprint density at radius 3 is 2.24 bits per heavy atom. The number of rotatable bonds is 10. The van der Waals surface area contributed by atoms with Gasteiger partial charge in [0.2, 0.25) is 5.91 Å². The highest BCUT2D eigenvalue weighted by molar-refractivity contribution is 7.86. The average Bonchev–Trinajstić information content (AvgIpc) is 3.72. The third-order valence-electron chi connectivity index (χ3n) is 9.59. The average molecular weight is 677 g/mol. The summed E-state index contributed by atoms with van der Waals surface area (Å²) in [5.41, 5.74) is 1.87. The summed E-state index contributed by atoms with van der Waals surface area (Å²) in [5, 5.41) is 2.97. The fourth-order valence-electron chi connectivity index (χ4n) is 7.38. The van der Waals surface area contributed by atoms with E-state index in [1.165, 1.54) is 26.0 Å². The zero-order valence-electron chi connectivity index (χ0n) is 27.5. The molecule has 2 fully saturated rings. The smallest absolute Gasteiger partial charge is 0.282 e. The molecule has 4 aromatic rings. The monoisotopic (exact) mass is 676 g/mol. The molecule has 244 valence electrons. The van der Waals surface area contributed by atoms with Gasteiger partial charge < -0.3 is 4.43 Å². The molecule has 1 aromatic heterocycles. The summed E-state index contributed by atoms with van der Waals surface area (Å²) in [6.07, 6.45) is 1.32. The van der Waals surface area contributed by atoms with E-state index in [2.05, 4.69) is 81.4 Å². The Bertz CT molecular complexity index is 1770. The Labute approximate surface area is 278 Å². The number of fused-ring (bicyclic) bond motifs is 2. The van der Waals surface area contributed by atoms with Crippen LogP contribution < -0.4 is 15.3 Å². The molecule has 8 nitrogen and oxygen atoms in total. The van der Waals surface area contributed by atoms with Crippen molar-refractivity contribution in [2.45, 2.75) is 71.2 Å². The Kier molecular flexibility index (Phi) is 9.03. The SMILES string of the molecule is CCCN(C)S(=O)(=O)N1CC[C@H]2[C@H]1[C@H](C)C(=O)N2c1nc2ccc(CO[Si](c3ccccc3)(c3ccccc3)C(C)(C)C)cc2s1. The van der Waals surface area contributed by atoms with Gasteiger partial charge >= 0.3 is 0 Å².